The molecule has 0 fully saturated rings. The van der Waals surface area contributed by atoms with Crippen LogP contribution in [-0.4, -0.2) is 15.2 Å². The fourth-order valence-corrected chi connectivity index (χ4v) is 13.3. The number of hydrogen-bond acceptors (Lipinski definition) is 0. The Morgan fingerprint density at radius 1 is 0.700 bits per heavy atom. The molecule has 2 heteroatoms. The minimum atomic E-state index is -0.826. The van der Waals surface area contributed by atoms with Crippen LogP contribution in [0.2, 0.25) is 26.2 Å². The second-order valence-corrected chi connectivity index (χ2v) is 20.0. The predicted octanol–water partition coefficient (Wildman–Crippen LogP) is 2.91. The van der Waals surface area contributed by atoms with Crippen molar-refractivity contribution in [1.29, 1.82) is 0 Å². The van der Waals surface area contributed by atoms with E-state index in [1.54, 1.807) is 10.4 Å². The summed E-state index contributed by atoms with van der Waals surface area (Å²) in [5.74, 6) is 0. The summed E-state index contributed by atoms with van der Waals surface area (Å²) in [6, 6.07) is 0. The molecule has 0 aliphatic carbocycles. The van der Waals surface area contributed by atoms with E-state index >= 15 is 0 Å². The Morgan fingerprint density at radius 2 is 0.900 bits per heavy atom. The smallest absolute Gasteiger partial charge is 0.0727 e. The Balaban J connectivity index is 3.10. The van der Waals surface area contributed by atoms with E-state index in [-0.39, 0.29) is 0 Å². The van der Waals surface area contributed by atoms with Crippen LogP contribution >= 0.6 is 0 Å². The molecular weight excluding hydrogens is 152 g/mol. The molecule has 0 spiro atoms. The Bertz CT molecular complexity index is 177. The molecule has 0 saturated heterocycles. The van der Waals surface area contributed by atoms with Crippen LogP contribution in [0.5, 0.6) is 0 Å². The summed E-state index contributed by atoms with van der Waals surface area (Å²) in [5, 5.41) is 3.56. The normalized spacial score (nSPS) is 28.2. The van der Waals surface area contributed by atoms with Gasteiger partial charge in [-0.1, -0.05) is 36.6 Å². The predicted molar refractivity (Wildman–Crippen MR) is 53.3 cm³/mol. The van der Waals surface area contributed by atoms with Gasteiger partial charge in [-0.25, -0.2) is 0 Å². The van der Waals surface area contributed by atoms with Crippen LogP contribution in [0.1, 0.15) is 13.8 Å². The van der Waals surface area contributed by atoms with E-state index in [1.165, 1.54) is 0 Å². The lowest BCUT2D eigenvalue weighted by atomic mass is 10.6. The summed E-state index contributed by atoms with van der Waals surface area (Å²) >= 11 is 0. The van der Waals surface area contributed by atoms with E-state index in [4.69, 9.17) is 0 Å². The van der Waals surface area contributed by atoms with Gasteiger partial charge in [0.1, 0.15) is 0 Å². The highest BCUT2D eigenvalue weighted by Crippen LogP contribution is 2.43. The van der Waals surface area contributed by atoms with Crippen LogP contribution in [0, 0.1) is 0 Å². The van der Waals surface area contributed by atoms with Crippen LogP contribution in [0.25, 0.3) is 0 Å². The molecule has 0 aromatic carbocycles. The van der Waals surface area contributed by atoms with Crippen molar-refractivity contribution in [2.45, 2.75) is 40.0 Å². The van der Waals surface area contributed by atoms with Gasteiger partial charge in [0.25, 0.3) is 0 Å². The van der Waals surface area contributed by atoms with Crippen LogP contribution in [-0.2, 0) is 0 Å². The lowest BCUT2D eigenvalue weighted by Gasteiger charge is -2.51. The SMILES string of the molecule is CC1=C(C)[Si](C)(C)[Si]1(C)C. The largest absolute Gasteiger partial charge is 0.0911 e. The molecule has 1 rings (SSSR count). The molecule has 0 unspecified atom stereocenters. The van der Waals surface area contributed by atoms with E-state index in [2.05, 4.69) is 40.0 Å². The first kappa shape index (κ1) is 8.27. The third-order valence-electron chi connectivity index (χ3n) is 4.00. The average molecular weight is 170 g/mol. The molecule has 0 N–H and O–H groups in total. The molecule has 0 nitrogen and oxygen atoms in total. The molecule has 10 heavy (non-hydrogen) atoms. The first-order chi connectivity index (χ1) is 4.32. The second kappa shape index (κ2) is 1.86. The lowest BCUT2D eigenvalue weighted by molar-refractivity contribution is 1.38. The van der Waals surface area contributed by atoms with E-state index in [0.717, 1.165) is 0 Å². The number of allylic oxidation sites excluding steroid dienone is 2. The molecule has 0 bridgehead atoms. The summed E-state index contributed by atoms with van der Waals surface area (Å²) in [6.45, 7) is 14.8. The third kappa shape index (κ3) is 0.664. The molecule has 0 amide bonds. The van der Waals surface area contributed by atoms with Gasteiger partial charge in [-0.2, -0.15) is 0 Å². The maximum Gasteiger partial charge on any atom is 0.0727 e. The first-order valence-electron chi connectivity index (χ1n) is 4.00. The fourth-order valence-electron chi connectivity index (χ4n) is 1.81. The highest BCUT2D eigenvalue weighted by Gasteiger charge is 2.52. The quantitative estimate of drug-likeness (QED) is 0.490. The molecular formula is C8H18Si2. The zero-order valence-electron chi connectivity index (χ0n) is 8.00. The molecule has 1 aliphatic rings. The zero-order valence-corrected chi connectivity index (χ0v) is 10.0. The number of rotatable bonds is 0. The fraction of sp³-hybridized carbons (Fsp3) is 0.750. The maximum absolute atomic E-state index is 2.53. The van der Waals surface area contributed by atoms with Crippen molar-refractivity contribution in [2.24, 2.45) is 0 Å². The highest BCUT2D eigenvalue weighted by atomic mass is 29.3. The van der Waals surface area contributed by atoms with Gasteiger partial charge in [-0.05, 0) is 13.8 Å². The van der Waals surface area contributed by atoms with Gasteiger partial charge in [0.2, 0.25) is 0 Å². The topological polar surface area (TPSA) is 0 Å². The van der Waals surface area contributed by atoms with Crippen molar-refractivity contribution < 1.29 is 0 Å². The molecule has 0 saturated carbocycles. The van der Waals surface area contributed by atoms with Crippen molar-refractivity contribution in [3.05, 3.63) is 10.4 Å². The van der Waals surface area contributed by atoms with Gasteiger partial charge in [0, 0.05) is 0 Å². The minimum Gasteiger partial charge on any atom is -0.0911 e. The van der Waals surface area contributed by atoms with Crippen molar-refractivity contribution in [2.75, 3.05) is 0 Å². The van der Waals surface area contributed by atoms with E-state index < -0.39 is 15.2 Å². The molecule has 1 heterocycles. The van der Waals surface area contributed by atoms with Gasteiger partial charge in [0.05, 0.1) is 15.2 Å². The van der Waals surface area contributed by atoms with E-state index in [1.807, 2.05) is 0 Å². The monoisotopic (exact) mass is 170 g/mol. The summed E-state index contributed by atoms with van der Waals surface area (Å²) in [6.07, 6.45) is 0. The van der Waals surface area contributed by atoms with Gasteiger partial charge in [-0.15, -0.1) is 0 Å². The molecule has 0 radical (unpaired) electrons. The Morgan fingerprint density at radius 3 is 1.00 bits per heavy atom. The van der Waals surface area contributed by atoms with Crippen molar-refractivity contribution in [3.63, 3.8) is 0 Å². The first-order valence-corrected chi connectivity index (χ1v) is 11.0. The molecule has 58 valence electrons. The van der Waals surface area contributed by atoms with Crippen molar-refractivity contribution in [1.82, 2.24) is 0 Å². The summed E-state index contributed by atoms with van der Waals surface area (Å²) in [4.78, 5) is 0. The highest BCUT2D eigenvalue weighted by molar-refractivity contribution is 7.50. The third-order valence-corrected chi connectivity index (χ3v) is 23.5. The maximum atomic E-state index is 2.53. The van der Waals surface area contributed by atoms with Gasteiger partial charge in [-0.3, -0.25) is 0 Å². The molecule has 0 aromatic rings. The summed E-state index contributed by atoms with van der Waals surface area (Å²) in [7, 11) is -1.65. The van der Waals surface area contributed by atoms with Gasteiger partial charge >= 0.3 is 0 Å². The van der Waals surface area contributed by atoms with Crippen LogP contribution in [0.4, 0.5) is 0 Å². The van der Waals surface area contributed by atoms with Crippen molar-refractivity contribution >= 4 is 15.2 Å². The second-order valence-electron chi connectivity index (χ2n) is 4.50. The lowest BCUT2D eigenvalue weighted by Crippen LogP contribution is -2.65. The Labute approximate surface area is 66.1 Å². The zero-order chi connectivity index (χ0) is 8.15. The van der Waals surface area contributed by atoms with E-state index in [9.17, 15) is 0 Å². The number of hydrogen-bond donors (Lipinski definition) is 0. The minimum absolute atomic E-state index is 0.826. The standard InChI is InChI=1S/C8H18Si2/c1-7-8(2)10(5,6)9(7,3)4/h1-6H3. The van der Waals surface area contributed by atoms with Crippen LogP contribution < -0.4 is 0 Å². The van der Waals surface area contributed by atoms with Crippen LogP contribution in [0.3, 0.4) is 0 Å². The van der Waals surface area contributed by atoms with Gasteiger partial charge in [0.15, 0.2) is 0 Å². The molecule has 0 atom stereocenters. The molecule has 1 aliphatic heterocycles. The molecule has 0 aromatic heterocycles. The Hall–Kier alpha value is 0.174. The van der Waals surface area contributed by atoms with Crippen LogP contribution in [0.15, 0.2) is 10.4 Å². The summed E-state index contributed by atoms with van der Waals surface area (Å²) < 4.78 is 0. The average Bonchev–Trinajstić information content (AvgIpc) is 1.84. The van der Waals surface area contributed by atoms with Crippen molar-refractivity contribution in [3.8, 4) is 0 Å². The van der Waals surface area contributed by atoms with Gasteiger partial charge < -0.3 is 0 Å². The Kier molecular flexibility index (Phi) is 1.54. The van der Waals surface area contributed by atoms with E-state index in [0.29, 0.717) is 0 Å². The summed E-state index contributed by atoms with van der Waals surface area (Å²) in [5.41, 5.74) is 0.